The Morgan fingerprint density at radius 2 is 2.11 bits per heavy atom. The van der Waals surface area contributed by atoms with Gasteiger partial charge in [0.2, 0.25) is 5.91 Å². The number of rotatable bonds is 1. The summed E-state index contributed by atoms with van der Waals surface area (Å²) in [4.78, 5) is 25.3. The number of benzene rings is 1. The van der Waals surface area contributed by atoms with Crippen LogP contribution in [0.4, 0.5) is 0 Å². The molecule has 1 amide bonds. The third-order valence-electron chi connectivity index (χ3n) is 3.22. The number of hydrogen-bond acceptors (Lipinski definition) is 4. The van der Waals surface area contributed by atoms with Crippen LogP contribution in [0.1, 0.15) is 17.9 Å². The minimum Gasteiger partial charge on any atom is -0.456 e. The predicted molar refractivity (Wildman–Crippen MR) is 72.1 cm³/mol. The first-order valence-corrected chi connectivity index (χ1v) is 7.09. The van der Waals surface area contributed by atoms with Crippen molar-refractivity contribution < 1.29 is 14.3 Å². The van der Waals surface area contributed by atoms with Crippen LogP contribution in [0.5, 0.6) is 0 Å². The lowest BCUT2D eigenvalue weighted by Gasteiger charge is -2.34. The lowest BCUT2D eigenvalue weighted by molar-refractivity contribution is -0.141. The van der Waals surface area contributed by atoms with Crippen LogP contribution in [0.25, 0.3) is 0 Å². The number of amides is 1. The highest BCUT2D eigenvalue weighted by Crippen LogP contribution is 2.43. The molecule has 1 unspecified atom stereocenters. The number of nitrogens with zero attached hydrogens (tertiary/aromatic N) is 1. The third-order valence-corrected chi connectivity index (χ3v) is 4.53. The summed E-state index contributed by atoms with van der Waals surface area (Å²) in [6, 6.07) is 9.75. The maximum Gasteiger partial charge on any atom is 0.355 e. The fourth-order valence-corrected chi connectivity index (χ4v) is 3.70. The van der Waals surface area contributed by atoms with Crippen molar-refractivity contribution in [3.63, 3.8) is 0 Å². The molecular weight excluding hydrogens is 262 g/mol. The van der Waals surface area contributed by atoms with Crippen LogP contribution in [-0.2, 0) is 14.3 Å². The van der Waals surface area contributed by atoms with E-state index in [0.717, 1.165) is 16.9 Å². The van der Waals surface area contributed by atoms with E-state index in [1.165, 1.54) is 6.92 Å². The molecule has 19 heavy (non-hydrogen) atoms. The molecule has 0 aromatic heterocycles. The van der Waals surface area contributed by atoms with Crippen molar-refractivity contribution in [2.24, 2.45) is 0 Å². The molecule has 0 saturated carbocycles. The molecular formula is C14H13NO3S. The van der Waals surface area contributed by atoms with E-state index < -0.39 is 0 Å². The van der Waals surface area contributed by atoms with Crippen LogP contribution >= 0.6 is 11.8 Å². The number of thioether (sulfide) groups is 1. The van der Waals surface area contributed by atoms with E-state index in [1.807, 2.05) is 30.3 Å². The number of carbonyl (C=O) groups excluding carboxylic acids is 2. The standard InChI is InChI=1S/C14H13NO3S/c1-9(16)15-12-11(7-18-14(12)17)8-19-13(15)10-5-3-2-4-6-10/h2-6,13H,7-8H2,1H3. The first kappa shape index (κ1) is 12.3. The number of ether oxygens (including phenoxy) is 1. The van der Waals surface area contributed by atoms with E-state index in [1.54, 1.807) is 16.7 Å². The molecule has 3 rings (SSSR count). The molecule has 0 spiro atoms. The van der Waals surface area contributed by atoms with Gasteiger partial charge < -0.3 is 4.74 Å². The zero-order valence-corrected chi connectivity index (χ0v) is 11.3. The minimum atomic E-state index is -0.383. The molecule has 1 aromatic carbocycles. The molecule has 0 bridgehead atoms. The Kier molecular flexibility index (Phi) is 3.06. The van der Waals surface area contributed by atoms with Gasteiger partial charge in [-0.05, 0) is 5.56 Å². The van der Waals surface area contributed by atoms with Crippen molar-refractivity contribution in [3.8, 4) is 0 Å². The Labute approximate surface area is 115 Å². The van der Waals surface area contributed by atoms with Gasteiger partial charge in [0.1, 0.15) is 17.7 Å². The molecule has 5 heteroatoms. The van der Waals surface area contributed by atoms with Crippen LogP contribution in [0, 0.1) is 0 Å². The summed E-state index contributed by atoms with van der Waals surface area (Å²) in [5.74, 6) is 0.212. The van der Waals surface area contributed by atoms with Crippen molar-refractivity contribution >= 4 is 23.6 Å². The van der Waals surface area contributed by atoms with Crippen molar-refractivity contribution in [1.29, 1.82) is 0 Å². The van der Waals surface area contributed by atoms with Crippen molar-refractivity contribution in [2.75, 3.05) is 12.4 Å². The topological polar surface area (TPSA) is 46.6 Å². The number of cyclic esters (lactones) is 1. The molecule has 2 aliphatic rings. The zero-order chi connectivity index (χ0) is 13.4. The summed E-state index contributed by atoms with van der Waals surface area (Å²) in [6.45, 7) is 1.80. The van der Waals surface area contributed by atoms with Crippen LogP contribution < -0.4 is 0 Å². The summed E-state index contributed by atoms with van der Waals surface area (Å²) in [6.07, 6.45) is 0. The van der Waals surface area contributed by atoms with Crippen LogP contribution in [-0.4, -0.2) is 29.1 Å². The normalized spacial score (nSPS) is 22.3. The third kappa shape index (κ3) is 2.04. The average molecular weight is 275 g/mol. The van der Waals surface area contributed by atoms with Gasteiger partial charge in [0, 0.05) is 18.2 Å². The van der Waals surface area contributed by atoms with E-state index in [9.17, 15) is 9.59 Å². The fraction of sp³-hybridized carbons (Fsp3) is 0.286. The van der Waals surface area contributed by atoms with Gasteiger partial charge in [0.25, 0.3) is 0 Å². The van der Waals surface area contributed by atoms with Gasteiger partial charge in [-0.1, -0.05) is 30.3 Å². The highest BCUT2D eigenvalue weighted by atomic mass is 32.2. The fourth-order valence-electron chi connectivity index (χ4n) is 2.37. The second kappa shape index (κ2) is 4.74. The van der Waals surface area contributed by atoms with Gasteiger partial charge in [0.05, 0.1) is 0 Å². The summed E-state index contributed by atoms with van der Waals surface area (Å²) in [5.41, 5.74) is 2.38. The molecule has 2 heterocycles. The Morgan fingerprint density at radius 1 is 1.37 bits per heavy atom. The van der Waals surface area contributed by atoms with Gasteiger partial charge in [-0.25, -0.2) is 4.79 Å². The van der Waals surface area contributed by atoms with Crippen molar-refractivity contribution in [3.05, 3.63) is 47.2 Å². The second-order valence-corrected chi connectivity index (χ2v) is 5.56. The maximum atomic E-state index is 11.9. The predicted octanol–water partition coefficient (Wildman–Crippen LogP) is 2.09. The van der Waals surface area contributed by atoms with Gasteiger partial charge >= 0.3 is 5.97 Å². The Hall–Kier alpha value is -1.75. The van der Waals surface area contributed by atoms with Gasteiger partial charge in [-0.15, -0.1) is 11.8 Å². The van der Waals surface area contributed by atoms with E-state index >= 15 is 0 Å². The van der Waals surface area contributed by atoms with Gasteiger partial charge in [0.15, 0.2) is 0 Å². The van der Waals surface area contributed by atoms with Gasteiger partial charge in [-0.3, -0.25) is 9.69 Å². The lowest BCUT2D eigenvalue weighted by atomic mass is 10.1. The summed E-state index contributed by atoms with van der Waals surface area (Å²) < 4.78 is 5.04. The van der Waals surface area contributed by atoms with Crippen LogP contribution in [0.3, 0.4) is 0 Å². The van der Waals surface area contributed by atoms with Crippen LogP contribution in [0.15, 0.2) is 41.6 Å². The molecule has 1 atom stereocenters. The van der Waals surface area contributed by atoms with E-state index in [-0.39, 0.29) is 17.3 Å². The summed E-state index contributed by atoms with van der Waals surface area (Å²) in [5, 5.41) is -0.150. The molecule has 0 N–H and O–H groups in total. The first-order chi connectivity index (χ1) is 9.18. The minimum absolute atomic E-state index is 0.132. The SMILES string of the molecule is CC(=O)N1C2=C(COC2=O)CSC1c1ccccc1. The Balaban J connectivity index is 2.04. The Morgan fingerprint density at radius 3 is 2.79 bits per heavy atom. The quantitative estimate of drug-likeness (QED) is 0.736. The number of esters is 1. The first-order valence-electron chi connectivity index (χ1n) is 6.04. The number of carbonyl (C=O) groups is 2. The molecule has 0 fully saturated rings. The monoisotopic (exact) mass is 275 g/mol. The zero-order valence-electron chi connectivity index (χ0n) is 10.5. The van der Waals surface area contributed by atoms with Crippen molar-refractivity contribution in [1.82, 2.24) is 4.90 Å². The lowest BCUT2D eigenvalue weighted by Crippen LogP contribution is -2.36. The number of hydrogen-bond donors (Lipinski definition) is 0. The maximum absolute atomic E-state index is 11.9. The molecule has 2 aliphatic heterocycles. The van der Waals surface area contributed by atoms with E-state index in [2.05, 4.69) is 0 Å². The van der Waals surface area contributed by atoms with E-state index in [4.69, 9.17) is 4.74 Å². The van der Waals surface area contributed by atoms with Gasteiger partial charge in [-0.2, -0.15) is 0 Å². The largest absolute Gasteiger partial charge is 0.456 e. The highest BCUT2D eigenvalue weighted by molar-refractivity contribution is 7.99. The molecule has 0 radical (unpaired) electrons. The molecule has 0 saturated heterocycles. The molecule has 0 aliphatic carbocycles. The highest BCUT2D eigenvalue weighted by Gasteiger charge is 2.40. The second-order valence-electron chi connectivity index (χ2n) is 4.49. The van der Waals surface area contributed by atoms with E-state index in [0.29, 0.717) is 12.3 Å². The molecule has 1 aromatic rings. The summed E-state index contributed by atoms with van der Waals surface area (Å²) in [7, 11) is 0. The molecule has 98 valence electrons. The average Bonchev–Trinajstić information content (AvgIpc) is 2.80. The van der Waals surface area contributed by atoms with Crippen molar-refractivity contribution in [2.45, 2.75) is 12.3 Å². The smallest absolute Gasteiger partial charge is 0.355 e. The summed E-state index contributed by atoms with van der Waals surface area (Å²) >= 11 is 1.65. The van der Waals surface area contributed by atoms with Crippen LogP contribution in [0.2, 0.25) is 0 Å². The Bertz CT molecular complexity index is 567. The molecule has 4 nitrogen and oxygen atoms in total.